The van der Waals surface area contributed by atoms with Crippen molar-refractivity contribution >= 4 is 5.96 Å². The molecule has 0 saturated carbocycles. The van der Waals surface area contributed by atoms with Crippen LogP contribution in [-0.2, 0) is 6.54 Å². The molecule has 7 heteroatoms. The molecule has 1 aromatic heterocycles. The number of aliphatic hydroxyl groups is 1. The Morgan fingerprint density at radius 2 is 2.14 bits per heavy atom. The molecule has 1 heterocycles. The second-order valence-corrected chi connectivity index (χ2v) is 4.98. The number of nitrogens with zero attached hydrogens (tertiary/aromatic N) is 3. The van der Waals surface area contributed by atoms with Crippen molar-refractivity contribution in [1.29, 1.82) is 0 Å². The van der Waals surface area contributed by atoms with E-state index >= 15 is 0 Å². The van der Waals surface area contributed by atoms with Gasteiger partial charge in [0.05, 0.1) is 0 Å². The summed E-state index contributed by atoms with van der Waals surface area (Å²) in [5, 5.41) is 19.3. The minimum atomic E-state index is 0.224. The number of aliphatic imine (C=N–C) groups is 1. The third kappa shape index (κ3) is 7.08. The standard InChI is InChI=1S/C14H27N5O2/c1-4-6-12(7-8-20)9-16-14(15-5-2)17-10-13-18-11(3)19-21-13/h12,20H,4-10H2,1-3H3,(H2,15,16,17). The molecule has 1 aromatic rings. The summed E-state index contributed by atoms with van der Waals surface area (Å²) in [6.45, 7) is 8.11. The lowest BCUT2D eigenvalue weighted by molar-refractivity contribution is 0.251. The van der Waals surface area contributed by atoms with Gasteiger partial charge in [0, 0.05) is 19.7 Å². The molecular formula is C14H27N5O2. The quantitative estimate of drug-likeness (QED) is 0.469. The average Bonchev–Trinajstić information content (AvgIpc) is 2.88. The zero-order chi connectivity index (χ0) is 15.5. The zero-order valence-corrected chi connectivity index (χ0v) is 13.2. The number of aliphatic hydroxyl groups excluding tert-OH is 1. The van der Waals surface area contributed by atoms with Crippen LogP contribution in [0, 0.1) is 12.8 Å². The molecule has 0 aliphatic carbocycles. The number of aromatic nitrogens is 2. The maximum atomic E-state index is 9.09. The van der Waals surface area contributed by atoms with Gasteiger partial charge in [0.25, 0.3) is 0 Å². The molecule has 0 aliphatic heterocycles. The Bertz CT molecular complexity index is 413. The fourth-order valence-electron chi connectivity index (χ4n) is 2.07. The fraction of sp³-hybridized carbons (Fsp3) is 0.786. The molecule has 0 amide bonds. The summed E-state index contributed by atoms with van der Waals surface area (Å²) in [5.74, 6) is 2.30. The molecule has 21 heavy (non-hydrogen) atoms. The van der Waals surface area contributed by atoms with E-state index < -0.39 is 0 Å². The van der Waals surface area contributed by atoms with Crippen molar-refractivity contribution in [1.82, 2.24) is 20.8 Å². The summed E-state index contributed by atoms with van der Waals surface area (Å²) >= 11 is 0. The lowest BCUT2D eigenvalue weighted by Gasteiger charge is -2.18. The van der Waals surface area contributed by atoms with Crippen LogP contribution in [0.2, 0.25) is 0 Å². The molecule has 1 atom stereocenters. The second kappa shape index (κ2) is 10.1. The third-order valence-corrected chi connectivity index (χ3v) is 3.08. The molecule has 0 spiro atoms. The minimum absolute atomic E-state index is 0.224. The SMILES string of the molecule is CCCC(CCO)CNC(=NCc1nc(C)no1)NCC. The first-order chi connectivity index (χ1) is 10.2. The van der Waals surface area contributed by atoms with Gasteiger partial charge in [-0.1, -0.05) is 18.5 Å². The van der Waals surface area contributed by atoms with Crippen LogP contribution in [0.4, 0.5) is 0 Å². The minimum Gasteiger partial charge on any atom is -0.396 e. The van der Waals surface area contributed by atoms with Gasteiger partial charge >= 0.3 is 0 Å². The summed E-state index contributed by atoms with van der Waals surface area (Å²) in [6.07, 6.45) is 3.01. The van der Waals surface area contributed by atoms with Crippen LogP contribution < -0.4 is 10.6 Å². The van der Waals surface area contributed by atoms with E-state index in [9.17, 15) is 0 Å². The van der Waals surface area contributed by atoms with Crippen LogP contribution >= 0.6 is 0 Å². The molecule has 0 saturated heterocycles. The van der Waals surface area contributed by atoms with Crippen LogP contribution in [0.1, 0.15) is 44.8 Å². The first-order valence-corrected chi connectivity index (χ1v) is 7.61. The fourth-order valence-corrected chi connectivity index (χ4v) is 2.07. The largest absolute Gasteiger partial charge is 0.396 e. The third-order valence-electron chi connectivity index (χ3n) is 3.08. The molecule has 0 bridgehead atoms. The van der Waals surface area contributed by atoms with E-state index in [2.05, 4.69) is 32.7 Å². The normalized spacial score (nSPS) is 13.2. The summed E-state index contributed by atoms with van der Waals surface area (Å²) in [5.41, 5.74) is 0. The van der Waals surface area contributed by atoms with Gasteiger partial charge in [0.1, 0.15) is 6.54 Å². The predicted molar refractivity (Wildman–Crippen MR) is 82.0 cm³/mol. The summed E-state index contributed by atoms with van der Waals surface area (Å²) in [4.78, 5) is 8.55. The van der Waals surface area contributed by atoms with Gasteiger partial charge in [0.2, 0.25) is 5.89 Å². The number of aryl methyl sites for hydroxylation is 1. The monoisotopic (exact) mass is 297 g/mol. The van der Waals surface area contributed by atoms with E-state index in [4.69, 9.17) is 9.63 Å². The first-order valence-electron chi connectivity index (χ1n) is 7.61. The average molecular weight is 297 g/mol. The topological polar surface area (TPSA) is 95.6 Å². The van der Waals surface area contributed by atoms with Crippen LogP contribution in [-0.4, -0.2) is 40.9 Å². The van der Waals surface area contributed by atoms with E-state index in [1.807, 2.05) is 6.92 Å². The molecule has 0 fully saturated rings. The summed E-state index contributed by atoms with van der Waals surface area (Å²) < 4.78 is 5.04. The second-order valence-electron chi connectivity index (χ2n) is 4.98. The molecule has 7 nitrogen and oxygen atoms in total. The zero-order valence-electron chi connectivity index (χ0n) is 13.2. The Kier molecular flexibility index (Phi) is 8.42. The van der Waals surface area contributed by atoms with Crippen molar-refractivity contribution in [3.8, 4) is 0 Å². The molecule has 1 rings (SSSR count). The lowest BCUT2D eigenvalue weighted by atomic mass is 10.0. The highest BCUT2D eigenvalue weighted by Gasteiger charge is 2.09. The van der Waals surface area contributed by atoms with Gasteiger partial charge in [-0.2, -0.15) is 4.98 Å². The molecule has 0 radical (unpaired) electrons. The van der Waals surface area contributed by atoms with Crippen molar-refractivity contribution in [2.75, 3.05) is 19.7 Å². The Morgan fingerprint density at radius 1 is 1.33 bits per heavy atom. The van der Waals surface area contributed by atoms with E-state index in [1.165, 1.54) is 0 Å². The van der Waals surface area contributed by atoms with Crippen molar-refractivity contribution < 1.29 is 9.63 Å². The molecule has 120 valence electrons. The Balaban J connectivity index is 2.51. The van der Waals surface area contributed by atoms with Crippen LogP contribution in [0.5, 0.6) is 0 Å². The van der Waals surface area contributed by atoms with Crippen LogP contribution in [0.3, 0.4) is 0 Å². The van der Waals surface area contributed by atoms with Crippen LogP contribution in [0.25, 0.3) is 0 Å². The van der Waals surface area contributed by atoms with Gasteiger partial charge in [-0.15, -0.1) is 0 Å². The van der Waals surface area contributed by atoms with E-state index in [0.29, 0.717) is 24.2 Å². The molecule has 0 aromatic carbocycles. The summed E-state index contributed by atoms with van der Waals surface area (Å²) in [7, 11) is 0. The van der Waals surface area contributed by atoms with E-state index in [1.54, 1.807) is 6.92 Å². The van der Waals surface area contributed by atoms with Crippen molar-refractivity contribution in [2.24, 2.45) is 10.9 Å². The van der Waals surface area contributed by atoms with Gasteiger partial charge in [-0.25, -0.2) is 4.99 Å². The smallest absolute Gasteiger partial charge is 0.248 e. The number of hydrogen-bond donors (Lipinski definition) is 3. The highest BCUT2D eigenvalue weighted by Crippen LogP contribution is 2.09. The molecular weight excluding hydrogens is 270 g/mol. The van der Waals surface area contributed by atoms with Crippen molar-refractivity contribution in [2.45, 2.75) is 46.6 Å². The maximum Gasteiger partial charge on any atom is 0.248 e. The molecule has 1 unspecified atom stereocenters. The highest BCUT2D eigenvalue weighted by molar-refractivity contribution is 5.79. The Hall–Kier alpha value is -1.63. The van der Waals surface area contributed by atoms with E-state index in [-0.39, 0.29) is 6.61 Å². The van der Waals surface area contributed by atoms with Crippen LogP contribution in [0.15, 0.2) is 9.52 Å². The summed E-state index contributed by atoms with van der Waals surface area (Å²) in [6, 6.07) is 0. The number of rotatable bonds is 9. The highest BCUT2D eigenvalue weighted by atomic mass is 16.5. The van der Waals surface area contributed by atoms with E-state index in [0.717, 1.165) is 38.3 Å². The molecule has 0 aliphatic rings. The predicted octanol–water partition coefficient (Wildman–Crippen LogP) is 1.23. The first kappa shape index (κ1) is 17.4. The Morgan fingerprint density at radius 3 is 2.71 bits per heavy atom. The Labute approximate surface area is 126 Å². The van der Waals surface area contributed by atoms with Crippen molar-refractivity contribution in [3.05, 3.63) is 11.7 Å². The van der Waals surface area contributed by atoms with Gasteiger partial charge in [-0.05, 0) is 32.6 Å². The molecule has 3 N–H and O–H groups in total. The maximum absolute atomic E-state index is 9.09. The number of guanidine groups is 1. The lowest BCUT2D eigenvalue weighted by Crippen LogP contribution is -2.40. The number of nitrogens with one attached hydrogen (secondary N) is 2. The van der Waals surface area contributed by atoms with Crippen molar-refractivity contribution in [3.63, 3.8) is 0 Å². The van der Waals surface area contributed by atoms with Gasteiger partial charge in [-0.3, -0.25) is 0 Å². The van der Waals surface area contributed by atoms with Gasteiger partial charge < -0.3 is 20.3 Å². The number of hydrogen-bond acceptors (Lipinski definition) is 5. The van der Waals surface area contributed by atoms with Gasteiger partial charge in [0.15, 0.2) is 11.8 Å².